The summed E-state index contributed by atoms with van der Waals surface area (Å²) in [5, 5.41) is 5.74. The van der Waals surface area contributed by atoms with Gasteiger partial charge in [0.15, 0.2) is 0 Å². The van der Waals surface area contributed by atoms with E-state index >= 15 is 0 Å². The number of hydrogen-bond donors (Lipinski definition) is 2. The third kappa shape index (κ3) is 5.34. The van der Waals surface area contributed by atoms with Crippen molar-refractivity contribution in [2.24, 2.45) is 0 Å². The van der Waals surface area contributed by atoms with Crippen molar-refractivity contribution in [3.05, 3.63) is 59.2 Å². The van der Waals surface area contributed by atoms with Gasteiger partial charge < -0.3 is 15.4 Å². The summed E-state index contributed by atoms with van der Waals surface area (Å²) in [6.45, 7) is 10.2. The van der Waals surface area contributed by atoms with E-state index in [1.807, 2.05) is 34.6 Å². The van der Waals surface area contributed by atoms with Gasteiger partial charge in [-0.15, -0.1) is 0 Å². The van der Waals surface area contributed by atoms with Crippen LogP contribution in [-0.4, -0.2) is 24.0 Å². The van der Waals surface area contributed by atoms with Crippen LogP contribution >= 0.6 is 0 Å². The van der Waals surface area contributed by atoms with Crippen molar-refractivity contribution in [3.8, 4) is 5.75 Å². The van der Waals surface area contributed by atoms with E-state index in [4.69, 9.17) is 4.74 Å². The molecule has 2 rings (SSSR count). The Labute approximate surface area is 154 Å². The van der Waals surface area contributed by atoms with E-state index < -0.39 is 0 Å². The van der Waals surface area contributed by atoms with Crippen molar-refractivity contribution in [1.29, 1.82) is 0 Å². The summed E-state index contributed by atoms with van der Waals surface area (Å²) in [4.78, 5) is 24.8. The first-order valence-electron chi connectivity index (χ1n) is 8.67. The lowest BCUT2D eigenvalue weighted by atomic mass is 10.1. The molecule has 5 nitrogen and oxygen atoms in total. The number of ether oxygens (including phenoxy) is 1. The van der Waals surface area contributed by atoms with Crippen molar-refractivity contribution >= 4 is 17.5 Å². The van der Waals surface area contributed by atoms with Crippen LogP contribution in [0.15, 0.2) is 42.5 Å². The Morgan fingerprint density at radius 3 is 2.31 bits per heavy atom. The van der Waals surface area contributed by atoms with Crippen LogP contribution in [-0.2, 0) is 0 Å². The normalized spacial score (nSPS) is 11.0. The number of amides is 2. The summed E-state index contributed by atoms with van der Waals surface area (Å²) in [5.41, 5.74) is 2.19. The molecule has 0 aliphatic carbocycles. The average Bonchev–Trinajstić information content (AvgIpc) is 2.55. The van der Waals surface area contributed by atoms with Gasteiger partial charge in [-0.3, -0.25) is 9.59 Å². The quantitative estimate of drug-likeness (QED) is 0.847. The van der Waals surface area contributed by atoms with Gasteiger partial charge >= 0.3 is 0 Å². The Balaban J connectivity index is 2.13. The van der Waals surface area contributed by atoms with Crippen LogP contribution in [0, 0.1) is 6.92 Å². The lowest BCUT2D eigenvalue weighted by Crippen LogP contribution is -2.40. The van der Waals surface area contributed by atoms with Gasteiger partial charge in [0, 0.05) is 22.4 Å². The molecule has 0 bridgehead atoms. The smallest absolute Gasteiger partial charge is 0.255 e. The van der Waals surface area contributed by atoms with Gasteiger partial charge in [-0.1, -0.05) is 6.07 Å². The van der Waals surface area contributed by atoms with Gasteiger partial charge in [0.1, 0.15) is 5.75 Å². The zero-order valence-electron chi connectivity index (χ0n) is 16.0. The molecule has 0 fully saturated rings. The van der Waals surface area contributed by atoms with Gasteiger partial charge in [0.05, 0.1) is 6.61 Å². The maximum Gasteiger partial charge on any atom is 0.255 e. The number of hydrogen-bond acceptors (Lipinski definition) is 3. The molecule has 2 N–H and O–H groups in total. The number of anilines is 1. The molecule has 0 aromatic heterocycles. The first-order valence-corrected chi connectivity index (χ1v) is 8.67. The molecule has 26 heavy (non-hydrogen) atoms. The maximum absolute atomic E-state index is 12.5. The molecule has 0 spiro atoms. The maximum atomic E-state index is 12.5. The van der Waals surface area contributed by atoms with E-state index in [1.165, 1.54) is 0 Å². The summed E-state index contributed by atoms with van der Waals surface area (Å²) in [5.74, 6) is 0.361. The summed E-state index contributed by atoms with van der Waals surface area (Å²) in [6.07, 6.45) is 0. The fourth-order valence-electron chi connectivity index (χ4n) is 2.46. The standard InChI is InChI=1S/C21H26N2O3/c1-6-26-18-11-10-16(12-14(18)2)19(24)22-17-9-7-8-15(13-17)20(25)23-21(3,4)5/h7-13H,6H2,1-5H3,(H,22,24)(H,23,25). The first kappa shape index (κ1) is 19.5. The SMILES string of the molecule is CCOc1ccc(C(=O)Nc2cccc(C(=O)NC(C)(C)C)c2)cc1C. The molecule has 0 radical (unpaired) electrons. The van der Waals surface area contributed by atoms with Crippen molar-refractivity contribution in [3.63, 3.8) is 0 Å². The summed E-state index contributed by atoms with van der Waals surface area (Å²) in [7, 11) is 0. The van der Waals surface area contributed by atoms with Gasteiger partial charge in [-0.05, 0) is 76.6 Å². The van der Waals surface area contributed by atoms with Gasteiger partial charge in [-0.2, -0.15) is 0 Å². The van der Waals surface area contributed by atoms with Crippen molar-refractivity contribution < 1.29 is 14.3 Å². The average molecular weight is 354 g/mol. The van der Waals surface area contributed by atoms with Crippen LogP contribution in [0.25, 0.3) is 0 Å². The Hall–Kier alpha value is -2.82. The van der Waals surface area contributed by atoms with Crippen LogP contribution in [0.2, 0.25) is 0 Å². The molecule has 0 aliphatic rings. The lowest BCUT2D eigenvalue weighted by Gasteiger charge is -2.20. The van der Waals surface area contributed by atoms with Crippen molar-refractivity contribution in [2.75, 3.05) is 11.9 Å². The topological polar surface area (TPSA) is 67.4 Å². The fraction of sp³-hybridized carbons (Fsp3) is 0.333. The molecule has 0 aliphatic heterocycles. The summed E-state index contributed by atoms with van der Waals surface area (Å²) < 4.78 is 5.50. The second kappa shape index (κ2) is 8.04. The minimum Gasteiger partial charge on any atom is -0.494 e. The minimum atomic E-state index is -0.323. The highest BCUT2D eigenvalue weighted by molar-refractivity contribution is 6.05. The number of benzene rings is 2. The summed E-state index contributed by atoms with van der Waals surface area (Å²) in [6, 6.07) is 12.2. The zero-order chi connectivity index (χ0) is 19.3. The third-order valence-corrected chi connectivity index (χ3v) is 3.61. The molecule has 0 unspecified atom stereocenters. The Kier molecular flexibility index (Phi) is 6.03. The predicted molar refractivity (Wildman–Crippen MR) is 104 cm³/mol. The Morgan fingerprint density at radius 1 is 1.00 bits per heavy atom. The molecule has 0 atom stereocenters. The predicted octanol–water partition coefficient (Wildman–Crippen LogP) is 4.17. The first-order chi connectivity index (χ1) is 12.2. The van der Waals surface area contributed by atoms with Crippen LogP contribution < -0.4 is 15.4 Å². The number of carbonyl (C=O) groups is 2. The lowest BCUT2D eigenvalue weighted by molar-refractivity contribution is 0.0918. The molecule has 138 valence electrons. The minimum absolute atomic E-state index is 0.175. The molecule has 2 aromatic rings. The largest absolute Gasteiger partial charge is 0.494 e. The summed E-state index contributed by atoms with van der Waals surface area (Å²) >= 11 is 0. The van der Waals surface area contributed by atoms with E-state index in [0.29, 0.717) is 23.4 Å². The molecule has 0 heterocycles. The van der Waals surface area contributed by atoms with E-state index in [2.05, 4.69) is 10.6 Å². The monoisotopic (exact) mass is 354 g/mol. The molecule has 2 amide bonds. The molecule has 5 heteroatoms. The molecular formula is C21H26N2O3. The van der Waals surface area contributed by atoms with Crippen molar-refractivity contribution in [2.45, 2.75) is 40.2 Å². The highest BCUT2D eigenvalue weighted by atomic mass is 16.5. The van der Waals surface area contributed by atoms with Crippen LogP contribution in [0.4, 0.5) is 5.69 Å². The zero-order valence-corrected chi connectivity index (χ0v) is 16.0. The highest BCUT2D eigenvalue weighted by Crippen LogP contribution is 2.20. The molecular weight excluding hydrogens is 328 g/mol. The van der Waals surface area contributed by atoms with Crippen LogP contribution in [0.5, 0.6) is 5.75 Å². The second-order valence-corrected chi connectivity index (χ2v) is 7.15. The van der Waals surface area contributed by atoms with E-state index in [0.717, 1.165) is 11.3 Å². The highest BCUT2D eigenvalue weighted by Gasteiger charge is 2.16. The van der Waals surface area contributed by atoms with E-state index in [-0.39, 0.29) is 17.4 Å². The fourth-order valence-corrected chi connectivity index (χ4v) is 2.46. The Bertz CT molecular complexity index is 807. The van der Waals surface area contributed by atoms with Gasteiger partial charge in [-0.25, -0.2) is 0 Å². The molecule has 0 saturated carbocycles. The van der Waals surface area contributed by atoms with Crippen molar-refractivity contribution in [1.82, 2.24) is 5.32 Å². The van der Waals surface area contributed by atoms with E-state index in [9.17, 15) is 9.59 Å². The van der Waals surface area contributed by atoms with Gasteiger partial charge in [0.2, 0.25) is 0 Å². The number of nitrogens with one attached hydrogen (secondary N) is 2. The second-order valence-electron chi connectivity index (χ2n) is 7.15. The number of carbonyl (C=O) groups excluding carboxylic acids is 2. The van der Waals surface area contributed by atoms with E-state index in [1.54, 1.807) is 42.5 Å². The molecule has 0 saturated heterocycles. The Morgan fingerprint density at radius 2 is 1.69 bits per heavy atom. The molecule has 2 aromatic carbocycles. The number of rotatable bonds is 5. The van der Waals surface area contributed by atoms with Crippen LogP contribution in [0.1, 0.15) is 54.0 Å². The number of aryl methyl sites for hydroxylation is 1. The van der Waals surface area contributed by atoms with Crippen LogP contribution in [0.3, 0.4) is 0 Å². The third-order valence-electron chi connectivity index (χ3n) is 3.61. The van der Waals surface area contributed by atoms with Gasteiger partial charge in [0.25, 0.3) is 11.8 Å².